The fourth-order valence-corrected chi connectivity index (χ4v) is 3.49. The summed E-state index contributed by atoms with van der Waals surface area (Å²) < 4.78 is 5.91. The molecule has 2 rings (SSSR count). The first-order valence-electron chi connectivity index (χ1n) is 6.60. The molecule has 0 radical (unpaired) electrons. The van der Waals surface area contributed by atoms with Crippen LogP contribution in [0.5, 0.6) is 0 Å². The maximum Gasteiger partial charge on any atom is 0.0942 e. The standard InChI is InChI=1S/C13H24O2/c1-2-15-13(9-5-6-10-13)12(14)11-7-3-4-8-11/h11-12,14H,2-10H2,1H3. The van der Waals surface area contributed by atoms with Crippen molar-refractivity contribution in [2.24, 2.45) is 5.92 Å². The molecule has 0 aliphatic heterocycles. The summed E-state index contributed by atoms with van der Waals surface area (Å²) in [5, 5.41) is 10.5. The molecular formula is C13H24O2. The third-order valence-corrected chi connectivity index (χ3v) is 4.27. The number of ether oxygens (including phenoxy) is 1. The lowest BCUT2D eigenvalue weighted by molar-refractivity contribution is -0.135. The Balaban J connectivity index is 2.02. The van der Waals surface area contributed by atoms with Crippen molar-refractivity contribution in [1.82, 2.24) is 0 Å². The highest BCUT2D eigenvalue weighted by Gasteiger charge is 2.45. The lowest BCUT2D eigenvalue weighted by atomic mass is 9.84. The fraction of sp³-hybridized carbons (Fsp3) is 1.00. The second-order valence-corrected chi connectivity index (χ2v) is 5.19. The van der Waals surface area contributed by atoms with Crippen molar-refractivity contribution in [3.05, 3.63) is 0 Å². The van der Waals surface area contributed by atoms with E-state index >= 15 is 0 Å². The van der Waals surface area contributed by atoms with Gasteiger partial charge in [-0.2, -0.15) is 0 Å². The molecule has 1 atom stereocenters. The zero-order valence-corrected chi connectivity index (χ0v) is 9.87. The minimum atomic E-state index is -0.206. The smallest absolute Gasteiger partial charge is 0.0942 e. The first-order chi connectivity index (χ1) is 7.28. The van der Waals surface area contributed by atoms with Gasteiger partial charge in [0.15, 0.2) is 0 Å². The molecule has 0 aromatic carbocycles. The Bertz CT molecular complexity index is 191. The van der Waals surface area contributed by atoms with Gasteiger partial charge in [0.25, 0.3) is 0 Å². The van der Waals surface area contributed by atoms with Crippen molar-refractivity contribution in [3.8, 4) is 0 Å². The van der Waals surface area contributed by atoms with Crippen LogP contribution in [0.15, 0.2) is 0 Å². The summed E-state index contributed by atoms with van der Waals surface area (Å²) in [5.41, 5.74) is -0.177. The Labute approximate surface area is 93.0 Å². The monoisotopic (exact) mass is 212 g/mol. The quantitative estimate of drug-likeness (QED) is 0.776. The zero-order chi connectivity index (χ0) is 10.7. The van der Waals surface area contributed by atoms with Gasteiger partial charge in [-0.3, -0.25) is 0 Å². The summed E-state index contributed by atoms with van der Waals surface area (Å²) in [5.74, 6) is 0.509. The van der Waals surface area contributed by atoms with E-state index in [4.69, 9.17) is 4.74 Å². The van der Waals surface area contributed by atoms with Gasteiger partial charge in [0.1, 0.15) is 0 Å². The molecule has 2 nitrogen and oxygen atoms in total. The first kappa shape index (κ1) is 11.4. The SMILES string of the molecule is CCOC1(C(O)C2CCCC2)CCCC1. The van der Waals surface area contributed by atoms with Gasteiger partial charge in [0.05, 0.1) is 11.7 Å². The highest BCUT2D eigenvalue weighted by atomic mass is 16.5. The summed E-state index contributed by atoms with van der Waals surface area (Å²) in [6.45, 7) is 2.78. The van der Waals surface area contributed by atoms with Crippen molar-refractivity contribution in [1.29, 1.82) is 0 Å². The van der Waals surface area contributed by atoms with Gasteiger partial charge in [-0.15, -0.1) is 0 Å². The third-order valence-electron chi connectivity index (χ3n) is 4.27. The third kappa shape index (κ3) is 2.21. The van der Waals surface area contributed by atoms with Crippen LogP contribution >= 0.6 is 0 Å². The maximum atomic E-state index is 10.5. The molecule has 0 aromatic rings. The summed E-state index contributed by atoms with van der Waals surface area (Å²) in [6.07, 6.45) is 9.38. The molecule has 0 bridgehead atoms. The zero-order valence-electron chi connectivity index (χ0n) is 9.87. The van der Waals surface area contributed by atoms with Crippen LogP contribution in [-0.4, -0.2) is 23.4 Å². The van der Waals surface area contributed by atoms with Gasteiger partial charge in [-0.1, -0.05) is 25.7 Å². The lowest BCUT2D eigenvalue weighted by Crippen LogP contribution is -2.46. The molecule has 2 aliphatic rings. The summed E-state index contributed by atoms with van der Waals surface area (Å²) >= 11 is 0. The first-order valence-corrected chi connectivity index (χ1v) is 6.60. The number of rotatable bonds is 4. The van der Waals surface area contributed by atoms with Crippen LogP contribution in [0.2, 0.25) is 0 Å². The molecule has 2 fully saturated rings. The van der Waals surface area contributed by atoms with Crippen molar-refractivity contribution in [2.75, 3.05) is 6.61 Å². The van der Waals surface area contributed by atoms with Crippen molar-refractivity contribution in [2.45, 2.75) is 70.0 Å². The largest absolute Gasteiger partial charge is 0.390 e. The average molecular weight is 212 g/mol. The van der Waals surface area contributed by atoms with Gasteiger partial charge >= 0.3 is 0 Å². The number of hydrogen-bond donors (Lipinski definition) is 1. The molecule has 0 spiro atoms. The minimum absolute atomic E-state index is 0.177. The predicted octanol–water partition coefficient (Wildman–Crippen LogP) is 2.89. The molecule has 0 heterocycles. The highest BCUT2D eigenvalue weighted by Crippen LogP contribution is 2.42. The molecule has 15 heavy (non-hydrogen) atoms. The van der Waals surface area contributed by atoms with Crippen molar-refractivity contribution >= 4 is 0 Å². The van der Waals surface area contributed by atoms with Gasteiger partial charge in [-0.25, -0.2) is 0 Å². The molecule has 2 heteroatoms. The number of aliphatic hydroxyl groups excluding tert-OH is 1. The van der Waals surface area contributed by atoms with E-state index in [1.807, 2.05) is 6.92 Å². The second-order valence-electron chi connectivity index (χ2n) is 5.19. The molecule has 0 saturated heterocycles. The molecule has 0 amide bonds. The molecule has 2 aliphatic carbocycles. The van der Waals surface area contributed by atoms with E-state index in [1.54, 1.807) is 0 Å². The van der Waals surface area contributed by atoms with Gasteiger partial charge in [-0.05, 0) is 38.5 Å². The van der Waals surface area contributed by atoms with Crippen molar-refractivity contribution in [3.63, 3.8) is 0 Å². The summed E-state index contributed by atoms with van der Waals surface area (Å²) in [6, 6.07) is 0. The number of aliphatic hydroxyl groups is 1. The van der Waals surface area contributed by atoms with Gasteiger partial charge in [0.2, 0.25) is 0 Å². The summed E-state index contributed by atoms with van der Waals surface area (Å²) in [7, 11) is 0. The highest BCUT2D eigenvalue weighted by molar-refractivity contribution is 4.96. The van der Waals surface area contributed by atoms with E-state index in [-0.39, 0.29) is 11.7 Å². The molecule has 1 unspecified atom stereocenters. The van der Waals surface area contributed by atoms with Crippen LogP contribution < -0.4 is 0 Å². The van der Waals surface area contributed by atoms with Crippen LogP contribution in [0.4, 0.5) is 0 Å². The van der Waals surface area contributed by atoms with Crippen LogP contribution in [0.1, 0.15) is 58.3 Å². The van der Waals surface area contributed by atoms with Crippen LogP contribution in [-0.2, 0) is 4.74 Å². The van der Waals surface area contributed by atoms with Crippen molar-refractivity contribution < 1.29 is 9.84 Å². The Morgan fingerprint density at radius 3 is 2.33 bits per heavy atom. The Morgan fingerprint density at radius 1 is 1.20 bits per heavy atom. The fourth-order valence-electron chi connectivity index (χ4n) is 3.49. The number of hydrogen-bond acceptors (Lipinski definition) is 2. The Hall–Kier alpha value is -0.0800. The predicted molar refractivity (Wildman–Crippen MR) is 60.8 cm³/mol. The molecule has 2 saturated carbocycles. The normalized spacial score (nSPS) is 28.4. The van der Waals surface area contributed by atoms with Gasteiger partial charge in [0, 0.05) is 6.61 Å². The van der Waals surface area contributed by atoms with E-state index in [0.717, 1.165) is 19.4 Å². The van der Waals surface area contributed by atoms with E-state index in [0.29, 0.717) is 5.92 Å². The second kappa shape index (κ2) is 4.84. The molecule has 0 aromatic heterocycles. The molecule has 1 N–H and O–H groups in total. The van der Waals surface area contributed by atoms with Crippen LogP contribution in [0.3, 0.4) is 0 Å². The average Bonchev–Trinajstić information content (AvgIpc) is 2.88. The Morgan fingerprint density at radius 2 is 1.80 bits per heavy atom. The van der Waals surface area contributed by atoms with Crippen LogP contribution in [0, 0.1) is 5.92 Å². The topological polar surface area (TPSA) is 29.5 Å². The van der Waals surface area contributed by atoms with E-state index < -0.39 is 0 Å². The lowest BCUT2D eigenvalue weighted by Gasteiger charge is -2.37. The maximum absolute atomic E-state index is 10.5. The molecule has 88 valence electrons. The summed E-state index contributed by atoms with van der Waals surface area (Å²) in [4.78, 5) is 0. The van der Waals surface area contributed by atoms with E-state index in [9.17, 15) is 5.11 Å². The Kier molecular flexibility index (Phi) is 3.68. The van der Waals surface area contributed by atoms with E-state index in [1.165, 1.54) is 38.5 Å². The van der Waals surface area contributed by atoms with Gasteiger partial charge < -0.3 is 9.84 Å². The van der Waals surface area contributed by atoms with E-state index in [2.05, 4.69) is 0 Å². The minimum Gasteiger partial charge on any atom is -0.390 e. The molecular weight excluding hydrogens is 188 g/mol. The van der Waals surface area contributed by atoms with Crippen LogP contribution in [0.25, 0.3) is 0 Å².